The van der Waals surface area contributed by atoms with Gasteiger partial charge in [-0.25, -0.2) is 4.39 Å². The van der Waals surface area contributed by atoms with E-state index in [-0.39, 0.29) is 5.91 Å². The Labute approximate surface area is 99.1 Å². The van der Waals surface area contributed by atoms with Crippen LogP contribution in [0.4, 0.5) is 4.39 Å². The lowest BCUT2D eigenvalue weighted by atomic mass is 10.3. The molecule has 0 spiro atoms. The molecule has 0 saturated carbocycles. The molecular weight excluding hydrogens is 242 g/mol. The van der Waals surface area contributed by atoms with Crippen LogP contribution in [0.5, 0.6) is 0 Å². The molecule has 1 heterocycles. The first-order valence-electron chi connectivity index (χ1n) is 4.91. The van der Waals surface area contributed by atoms with Crippen LogP contribution in [-0.2, 0) is 4.79 Å². The van der Waals surface area contributed by atoms with Crippen LogP contribution in [0.1, 0.15) is 6.92 Å². The van der Waals surface area contributed by atoms with E-state index in [0.29, 0.717) is 19.6 Å². The highest BCUT2D eigenvalue weighted by molar-refractivity contribution is 6.29. The van der Waals surface area contributed by atoms with E-state index < -0.39 is 11.0 Å². The van der Waals surface area contributed by atoms with Crippen LogP contribution < -0.4 is 0 Å². The fraction of sp³-hybridized carbons (Fsp3) is 0.889. The summed E-state index contributed by atoms with van der Waals surface area (Å²) < 4.78 is 12.6. The monoisotopic (exact) mass is 256 g/mol. The molecular formula is C9H15Cl2FN2O. The number of hydrogen-bond acceptors (Lipinski definition) is 2. The van der Waals surface area contributed by atoms with Crippen LogP contribution in [-0.4, -0.2) is 59.4 Å². The maximum atomic E-state index is 12.6. The van der Waals surface area contributed by atoms with E-state index in [2.05, 4.69) is 0 Å². The number of carbonyl (C=O) groups excluding carboxylic acids is 1. The molecule has 0 aliphatic carbocycles. The predicted molar refractivity (Wildman–Crippen MR) is 59.1 cm³/mol. The van der Waals surface area contributed by atoms with Gasteiger partial charge < -0.3 is 4.90 Å². The molecule has 1 aliphatic rings. The molecule has 1 aliphatic heterocycles. The topological polar surface area (TPSA) is 23.6 Å². The molecule has 1 amide bonds. The molecule has 1 rings (SSSR count). The number of alkyl halides is 3. The van der Waals surface area contributed by atoms with Crippen molar-refractivity contribution in [3.8, 4) is 0 Å². The third-order valence-corrected chi connectivity index (χ3v) is 3.32. The zero-order valence-corrected chi connectivity index (χ0v) is 10.1. The van der Waals surface area contributed by atoms with Crippen molar-refractivity contribution in [2.24, 2.45) is 0 Å². The number of nitrogens with zero attached hydrogens (tertiary/aromatic N) is 2. The highest BCUT2D eigenvalue weighted by Gasteiger charge is 2.23. The van der Waals surface area contributed by atoms with E-state index in [9.17, 15) is 9.18 Å². The van der Waals surface area contributed by atoms with Gasteiger partial charge in [-0.3, -0.25) is 9.69 Å². The van der Waals surface area contributed by atoms with E-state index in [1.165, 1.54) is 0 Å². The van der Waals surface area contributed by atoms with Crippen LogP contribution in [0.2, 0.25) is 0 Å². The maximum Gasteiger partial charge on any atom is 0.219 e. The summed E-state index contributed by atoms with van der Waals surface area (Å²) >= 11 is 11.0. The third-order valence-electron chi connectivity index (χ3n) is 2.52. The van der Waals surface area contributed by atoms with Gasteiger partial charge in [-0.05, 0) is 0 Å². The fourth-order valence-corrected chi connectivity index (χ4v) is 1.85. The van der Waals surface area contributed by atoms with Crippen molar-refractivity contribution < 1.29 is 9.18 Å². The van der Waals surface area contributed by atoms with Gasteiger partial charge in [0.2, 0.25) is 5.91 Å². The molecule has 0 N–H and O–H groups in total. The van der Waals surface area contributed by atoms with Crippen molar-refractivity contribution in [2.45, 2.75) is 17.9 Å². The second-order valence-electron chi connectivity index (χ2n) is 3.66. The lowest BCUT2D eigenvalue weighted by molar-refractivity contribution is -0.130. The van der Waals surface area contributed by atoms with Crippen molar-refractivity contribution in [1.29, 1.82) is 0 Å². The second-order valence-corrected chi connectivity index (χ2v) is 4.63. The minimum atomic E-state index is -1.52. The quantitative estimate of drug-likeness (QED) is 0.711. The lowest BCUT2D eigenvalue weighted by Gasteiger charge is -2.35. The molecule has 88 valence electrons. The summed E-state index contributed by atoms with van der Waals surface area (Å²) in [5, 5.41) is -0.685. The Morgan fingerprint density at radius 3 is 2.27 bits per heavy atom. The molecule has 3 nitrogen and oxygen atoms in total. The van der Waals surface area contributed by atoms with Crippen LogP contribution in [0.25, 0.3) is 0 Å². The van der Waals surface area contributed by atoms with E-state index >= 15 is 0 Å². The first-order chi connectivity index (χ1) is 7.00. The summed E-state index contributed by atoms with van der Waals surface area (Å²) in [7, 11) is 0. The molecule has 2 unspecified atom stereocenters. The molecule has 0 aromatic heterocycles. The average molecular weight is 257 g/mol. The smallest absolute Gasteiger partial charge is 0.219 e. The van der Waals surface area contributed by atoms with Gasteiger partial charge in [-0.1, -0.05) is 11.6 Å². The van der Waals surface area contributed by atoms with Gasteiger partial charge in [0, 0.05) is 39.6 Å². The van der Waals surface area contributed by atoms with Gasteiger partial charge >= 0.3 is 0 Å². The van der Waals surface area contributed by atoms with Crippen molar-refractivity contribution in [2.75, 3.05) is 32.7 Å². The summed E-state index contributed by atoms with van der Waals surface area (Å²) in [6.07, 6.45) is 0. The summed E-state index contributed by atoms with van der Waals surface area (Å²) in [6, 6.07) is 0. The standard InChI is InChI=1S/C9H15Cl2FN2O/c1-7(15)14-4-2-13(3-5-14)6-8(10)9(11)12/h8-9H,2-6H2,1H3. The van der Waals surface area contributed by atoms with Gasteiger partial charge in [0.15, 0.2) is 5.63 Å². The molecule has 1 saturated heterocycles. The van der Waals surface area contributed by atoms with Crippen LogP contribution in [0, 0.1) is 0 Å². The largest absolute Gasteiger partial charge is 0.340 e. The Morgan fingerprint density at radius 1 is 1.33 bits per heavy atom. The molecule has 15 heavy (non-hydrogen) atoms. The van der Waals surface area contributed by atoms with Crippen molar-refractivity contribution >= 4 is 29.1 Å². The van der Waals surface area contributed by atoms with Gasteiger partial charge in [0.1, 0.15) is 0 Å². The Hall–Kier alpha value is -0.0600. The highest BCUT2D eigenvalue weighted by atomic mass is 35.5. The zero-order chi connectivity index (χ0) is 11.4. The number of piperazine rings is 1. The zero-order valence-electron chi connectivity index (χ0n) is 8.63. The summed E-state index contributed by atoms with van der Waals surface area (Å²) in [5.74, 6) is 0.0813. The normalized spacial score (nSPS) is 22.5. The lowest BCUT2D eigenvalue weighted by Crippen LogP contribution is -2.49. The molecule has 6 heteroatoms. The first-order valence-corrected chi connectivity index (χ1v) is 5.78. The minimum Gasteiger partial charge on any atom is -0.340 e. The predicted octanol–water partition coefficient (Wildman–Crippen LogP) is 1.29. The maximum absolute atomic E-state index is 12.6. The van der Waals surface area contributed by atoms with E-state index in [1.807, 2.05) is 4.90 Å². The Morgan fingerprint density at radius 2 is 1.87 bits per heavy atom. The van der Waals surface area contributed by atoms with Crippen LogP contribution in [0.3, 0.4) is 0 Å². The molecule has 0 bridgehead atoms. The minimum absolute atomic E-state index is 0.0813. The average Bonchev–Trinajstić information content (AvgIpc) is 2.18. The van der Waals surface area contributed by atoms with E-state index in [4.69, 9.17) is 23.2 Å². The number of carbonyl (C=O) groups is 1. The van der Waals surface area contributed by atoms with Crippen LogP contribution in [0.15, 0.2) is 0 Å². The Bertz CT molecular complexity index is 220. The summed E-state index contributed by atoms with van der Waals surface area (Å²) in [4.78, 5) is 14.8. The highest BCUT2D eigenvalue weighted by Crippen LogP contribution is 2.14. The molecule has 1 fully saturated rings. The Kier molecular flexibility index (Phi) is 5.09. The molecule has 2 atom stereocenters. The number of amides is 1. The molecule has 0 aromatic rings. The number of hydrogen-bond donors (Lipinski definition) is 0. The summed E-state index contributed by atoms with van der Waals surface area (Å²) in [6.45, 7) is 4.80. The number of halogens is 3. The van der Waals surface area contributed by atoms with Crippen molar-refractivity contribution in [1.82, 2.24) is 9.80 Å². The summed E-state index contributed by atoms with van der Waals surface area (Å²) in [5.41, 5.74) is -1.52. The van der Waals surface area contributed by atoms with Gasteiger partial charge in [-0.15, -0.1) is 11.6 Å². The first kappa shape index (κ1) is 13.0. The Balaban J connectivity index is 2.28. The molecule has 0 radical (unpaired) electrons. The van der Waals surface area contributed by atoms with Gasteiger partial charge in [0.25, 0.3) is 0 Å². The van der Waals surface area contributed by atoms with E-state index in [1.54, 1.807) is 11.8 Å². The van der Waals surface area contributed by atoms with Gasteiger partial charge in [-0.2, -0.15) is 0 Å². The second kappa shape index (κ2) is 5.87. The molecule has 0 aromatic carbocycles. The van der Waals surface area contributed by atoms with Crippen molar-refractivity contribution in [3.63, 3.8) is 0 Å². The van der Waals surface area contributed by atoms with Crippen molar-refractivity contribution in [3.05, 3.63) is 0 Å². The third kappa shape index (κ3) is 4.13. The number of rotatable bonds is 3. The van der Waals surface area contributed by atoms with Gasteiger partial charge in [0.05, 0.1) is 5.38 Å². The van der Waals surface area contributed by atoms with Crippen LogP contribution >= 0.6 is 23.2 Å². The van der Waals surface area contributed by atoms with E-state index in [0.717, 1.165) is 13.1 Å². The fourth-order valence-electron chi connectivity index (χ4n) is 1.57. The SMILES string of the molecule is CC(=O)N1CCN(CC(Cl)C(F)Cl)CC1.